The van der Waals surface area contributed by atoms with Crippen molar-refractivity contribution in [3.8, 4) is 0 Å². The number of anilines is 1. The zero-order valence-electron chi connectivity index (χ0n) is 13.5. The van der Waals surface area contributed by atoms with Crippen LogP contribution >= 0.6 is 23.1 Å². The Morgan fingerprint density at radius 1 is 1.31 bits per heavy atom. The van der Waals surface area contributed by atoms with Crippen LogP contribution in [0.4, 0.5) is 10.1 Å². The normalized spacial score (nSPS) is 11.3. The van der Waals surface area contributed by atoms with E-state index in [0.717, 1.165) is 0 Å². The summed E-state index contributed by atoms with van der Waals surface area (Å²) in [6.07, 6.45) is 0. The predicted octanol–water partition coefficient (Wildman–Crippen LogP) is 2.51. The molecule has 0 spiro atoms. The molecule has 0 aliphatic heterocycles. The molecule has 1 N–H and O–H groups in total. The van der Waals surface area contributed by atoms with E-state index in [1.807, 2.05) is 11.4 Å². The van der Waals surface area contributed by atoms with E-state index in [2.05, 4.69) is 15.5 Å². The van der Waals surface area contributed by atoms with Crippen LogP contribution in [0.3, 0.4) is 0 Å². The molecular weight excluding hydrogens is 377 g/mol. The second-order valence-corrected chi connectivity index (χ2v) is 7.29. The molecule has 3 heterocycles. The fraction of sp³-hybridized carbons (Fsp3) is 0.125. The smallest absolute Gasteiger partial charge is 0.272 e. The summed E-state index contributed by atoms with van der Waals surface area (Å²) in [6, 6.07) is 7.79. The van der Waals surface area contributed by atoms with Gasteiger partial charge >= 0.3 is 0 Å². The van der Waals surface area contributed by atoms with Crippen molar-refractivity contribution in [1.29, 1.82) is 0 Å². The van der Waals surface area contributed by atoms with Gasteiger partial charge in [-0.2, -0.15) is 0 Å². The van der Waals surface area contributed by atoms with E-state index in [-0.39, 0.29) is 22.9 Å². The third kappa shape index (κ3) is 2.76. The average Bonchev–Trinajstić information content (AvgIpc) is 3.26. The van der Waals surface area contributed by atoms with Gasteiger partial charge in [-0.05, 0) is 23.6 Å². The molecule has 0 atom stereocenters. The molecule has 0 fully saturated rings. The minimum absolute atomic E-state index is 0.0313. The van der Waals surface area contributed by atoms with Crippen LogP contribution in [0.15, 0.2) is 45.7 Å². The molecule has 132 valence electrons. The molecule has 3 aromatic heterocycles. The van der Waals surface area contributed by atoms with Crippen LogP contribution in [-0.4, -0.2) is 30.8 Å². The lowest BCUT2D eigenvalue weighted by atomic mass is 10.3. The third-order valence-electron chi connectivity index (χ3n) is 3.78. The van der Waals surface area contributed by atoms with E-state index >= 15 is 0 Å². The number of carbonyl (C=O) groups is 1. The highest BCUT2D eigenvalue weighted by atomic mass is 32.2. The van der Waals surface area contributed by atoms with Crippen molar-refractivity contribution >= 4 is 50.7 Å². The number of hydrogen-bond donors (Lipinski definition) is 1. The summed E-state index contributed by atoms with van der Waals surface area (Å²) in [6.45, 7) is 0. The standard InChI is InChI=1S/C16H12FN5O2S2/c1-21-14(24)13-11(6-7-25-13)22-15(21)19-20-16(22)26-8-12(23)18-10-5-3-2-4-9(10)17/h2-7H,8H2,1H3,(H,18,23). The lowest BCUT2D eigenvalue weighted by Crippen LogP contribution is -2.19. The molecule has 26 heavy (non-hydrogen) atoms. The Bertz CT molecular complexity index is 1200. The molecular formula is C16H12FN5O2S2. The van der Waals surface area contributed by atoms with Gasteiger partial charge in [-0.1, -0.05) is 23.9 Å². The molecule has 0 saturated carbocycles. The minimum atomic E-state index is -0.492. The Morgan fingerprint density at radius 2 is 2.12 bits per heavy atom. The largest absolute Gasteiger partial charge is 0.323 e. The van der Waals surface area contributed by atoms with E-state index in [1.54, 1.807) is 23.6 Å². The van der Waals surface area contributed by atoms with Gasteiger partial charge in [0.05, 0.1) is 17.0 Å². The quantitative estimate of drug-likeness (QED) is 0.543. The van der Waals surface area contributed by atoms with Gasteiger partial charge in [-0.3, -0.25) is 18.6 Å². The average molecular weight is 389 g/mol. The lowest BCUT2D eigenvalue weighted by molar-refractivity contribution is -0.113. The number of rotatable bonds is 4. The predicted molar refractivity (Wildman–Crippen MR) is 99.4 cm³/mol. The highest BCUT2D eigenvalue weighted by Crippen LogP contribution is 2.24. The number of nitrogens with zero attached hydrogens (tertiary/aromatic N) is 4. The zero-order valence-corrected chi connectivity index (χ0v) is 15.1. The first-order chi connectivity index (χ1) is 12.6. The molecule has 0 saturated heterocycles. The van der Waals surface area contributed by atoms with Gasteiger partial charge in [0.15, 0.2) is 5.16 Å². The maximum Gasteiger partial charge on any atom is 0.272 e. The topological polar surface area (TPSA) is 81.3 Å². The molecule has 0 bridgehead atoms. The van der Waals surface area contributed by atoms with Crippen LogP contribution in [0.2, 0.25) is 0 Å². The highest BCUT2D eigenvalue weighted by molar-refractivity contribution is 7.99. The summed E-state index contributed by atoms with van der Waals surface area (Å²) < 4.78 is 17.4. The first-order valence-corrected chi connectivity index (χ1v) is 9.41. The van der Waals surface area contributed by atoms with E-state index in [1.165, 1.54) is 39.8 Å². The van der Waals surface area contributed by atoms with Crippen molar-refractivity contribution in [1.82, 2.24) is 19.2 Å². The minimum Gasteiger partial charge on any atom is -0.323 e. The van der Waals surface area contributed by atoms with E-state index < -0.39 is 5.82 Å². The summed E-state index contributed by atoms with van der Waals surface area (Å²) in [5.41, 5.74) is 0.700. The SMILES string of the molecule is Cn1c(=O)c2sccc2n2c(SCC(=O)Nc3ccccc3F)nnc12. The number of nitrogens with one attached hydrogen (secondary N) is 1. The number of aryl methyl sites for hydroxylation is 1. The number of aromatic nitrogens is 4. The van der Waals surface area contributed by atoms with Gasteiger partial charge in [0, 0.05) is 7.05 Å². The molecule has 4 aromatic rings. The van der Waals surface area contributed by atoms with Gasteiger partial charge in [-0.15, -0.1) is 21.5 Å². The number of hydrogen-bond acceptors (Lipinski definition) is 6. The van der Waals surface area contributed by atoms with Crippen LogP contribution in [0.5, 0.6) is 0 Å². The number of halogens is 1. The second-order valence-electron chi connectivity index (χ2n) is 5.43. The number of amides is 1. The molecule has 7 nitrogen and oxygen atoms in total. The van der Waals surface area contributed by atoms with Crippen LogP contribution in [0.25, 0.3) is 16.0 Å². The Morgan fingerprint density at radius 3 is 2.92 bits per heavy atom. The maximum absolute atomic E-state index is 13.6. The number of carbonyl (C=O) groups excluding carboxylic acids is 1. The van der Waals surface area contributed by atoms with E-state index in [0.29, 0.717) is 21.2 Å². The van der Waals surface area contributed by atoms with Crippen molar-refractivity contribution in [2.45, 2.75) is 5.16 Å². The third-order valence-corrected chi connectivity index (χ3v) is 5.60. The van der Waals surface area contributed by atoms with Crippen molar-refractivity contribution in [3.63, 3.8) is 0 Å². The monoisotopic (exact) mass is 389 g/mol. The van der Waals surface area contributed by atoms with Crippen molar-refractivity contribution in [3.05, 3.63) is 51.9 Å². The van der Waals surface area contributed by atoms with Gasteiger partial charge < -0.3 is 5.32 Å². The van der Waals surface area contributed by atoms with Crippen LogP contribution in [-0.2, 0) is 11.8 Å². The summed E-state index contributed by atoms with van der Waals surface area (Å²) in [5, 5.41) is 13.0. The van der Waals surface area contributed by atoms with Crippen LogP contribution in [0, 0.1) is 5.82 Å². The molecule has 4 rings (SSSR count). The first kappa shape index (κ1) is 16.7. The van der Waals surface area contributed by atoms with Gasteiger partial charge in [0.1, 0.15) is 10.5 Å². The number of thioether (sulfide) groups is 1. The van der Waals surface area contributed by atoms with Crippen molar-refractivity contribution in [2.75, 3.05) is 11.1 Å². The lowest BCUT2D eigenvalue weighted by Gasteiger charge is -2.06. The van der Waals surface area contributed by atoms with Gasteiger partial charge in [0.2, 0.25) is 11.7 Å². The molecule has 0 aliphatic carbocycles. The molecule has 1 amide bonds. The molecule has 10 heteroatoms. The fourth-order valence-corrected chi connectivity index (χ4v) is 4.14. The fourth-order valence-electron chi connectivity index (χ4n) is 2.54. The van der Waals surface area contributed by atoms with Gasteiger partial charge in [-0.25, -0.2) is 4.39 Å². The van der Waals surface area contributed by atoms with E-state index in [9.17, 15) is 14.0 Å². The van der Waals surface area contributed by atoms with Crippen molar-refractivity contribution in [2.24, 2.45) is 7.05 Å². The summed E-state index contributed by atoms with van der Waals surface area (Å²) >= 11 is 2.51. The Labute approximate surface area is 154 Å². The van der Waals surface area contributed by atoms with Crippen LogP contribution < -0.4 is 10.9 Å². The Kier molecular flexibility index (Phi) is 4.21. The highest BCUT2D eigenvalue weighted by Gasteiger charge is 2.17. The Hall–Kier alpha value is -2.72. The number of para-hydroxylation sites is 1. The molecule has 1 aromatic carbocycles. The number of benzene rings is 1. The molecule has 0 aliphatic rings. The number of fused-ring (bicyclic) bond motifs is 3. The van der Waals surface area contributed by atoms with Gasteiger partial charge in [0.25, 0.3) is 5.56 Å². The molecule has 0 unspecified atom stereocenters. The van der Waals surface area contributed by atoms with Crippen LogP contribution in [0.1, 0.15) is 0 Å². The van der Waals surface area contributed by atoms with Crippen molar-refractivity contribution < 1.29 is 9.18 Å². The number of thiophene rings is 1. The first-order valence-electron chi connectivity index (χ1n) is 7.55. The zero-order chi connectivity index (χ0) is 18.3. The summed E-state index contributed by atoms with van der Waals surface area (Å²) in [5.74, 6) is -0.418. The Balaban J connectivity index is 1.61. The van der Waals surface area contributed by atoms with E-state index in [4.69, 9.17) is 0 Å². The summed E-state index contributed by atoms with van der Waals surface area (Å²) in [7, 11) is 1.63. The molecule has 0 radical (unpaired) electrons. The maximum atomic E-state index is 13.6. The summed E-state index contributed by atoms with van der Waals surface area (Å²) in [4.78, 5) is 24.4. The second kappa shape index (κ2) is 6.54.